The van der Waals surface area contributed by atoms with Gasteiger partial charge in [-0.1, -0.05) is 13.8 Å². The Kier molecular flexibility index (Phi) is 6.73. The van der Waals surface area contributed by atoms with Gasteiger partial charge in [-0.15, -0.1) is 0 Å². The lowest BCUT2D eigenvalue weighted by Gasteiger charge is -2.30. The molecular weight excluding hydrogens is 240 g/mol. The number of hydrogen-bond acceptors (Lipinski definition) is 5. The highest BCUT2D eigenvalue weighted by molar-refractivity contribution is 5.34. The summed E-state index contributed by atoms with van der Waals surface area (Å²) in [4.78, 5) is 11.3. The fourth-order valence-electron chi connectivity index (χ4n) is 2.21. The van der Waals surface area contributed by atoms with E-state index in [-0.39, 0.29) is 0 Å². The molecule has 0 amide bonds. The van der Waals surface area contributed by atoms with Crippen LogP contribution in [0.5, 0.6) is 0 Å². The summed E-state index contributed by atoms with van der Waals surface area (Å²) in [5, 5.41) is 0. The lowest BCUT2D eigenvalue weighted by atomic mass is 10.1. The molecule has 108 valence electrons. The van der Waals surface area contributed by atoms with Crippen molar-refractivity contribution in [3.63, 3.8) is 0 Å². The van der Waals surface area contributed by atoms with E-state index in [0.29, 0.717) is 19.2 Å². The van der Waals surface area contributed by atoms with E-state index in [2.05, 4.69) is 28.7 Å². The maximum absolute atomic E-state index is 5.70. The highest BCUT2D eigenvalue weighted by atomic mass is 16.5. The lowest BCUT2D eigenvalue weighted by molar-refractivity contribution is 0.202. The summed E-state index contributed by atoms with van der Waals surface area (Å²) in [6.07, 6.45) is 2.13. The first-order chi connectivity index (χ1) is 9.15. The van der Waals surface area contributed by atoms with Crippen molar-refractivity contribution >= 4 is 5.95 Å². The minimum Gasteiger partial charge on any atom is -0.383 e. The van der Waals surface area contributed by atoms with Gasteiger partial charge in [-0.25, -0.2) is 9.97 Å². The summed E-state index contributed by atoms with van der Waals surface area (Å²) < 4.78 is 5.20. The molecule has 0 radical (unpaired) electrons. The van der Waals surface area contributed by atoms with Crippen LogP contribution < -0.4 is 10.6 Å². The van der Waals surface area contributed by atoms with Crippen molar-refractivity contribution in [1.29, 1.82) is 0 Å². The monoisotopic (exact) mass is 266 g/mol. The molecule has 2 N–H and O–H groups in total. The van der Waals surface area contributed by atoms with Gasteiger partial charge in [-0.3, -0.25) is 0 Å². The maximum Gasteiger partial charge on any atom is 0.226 e. The molecule has 0 aliphatic heterocycles. The summed E-state index contributed by atoms with van der Waals surface area (Å²) in [5.74, 6) is 0.770. The van der Waals surface area contributed by atoms with Gasteiger partial charge >= 0.3 is 0 Å². The third-order valence-corrected chi connectivity index (χ3v) is 3.28. The zero-order valence-corrected chi connectivity index (χ0v) is 12.5. The third kappa shape index (κ3) is 4.44. The quantitative estimate of drug-likeness (QED) is 0.778. The number of aryl methyl sites for hydroxylation is 1. The van der Waals surface area contributed by atoms with Crippen LogP contribution in [0.15, 0.2) is 6.07 Å². The van der Waals surface area contributed by atoms with Crippen LogP contribution in [0.4, 0.5) is 5.95 Å². The summed E-state index contributed by atoms with van der Waals surface area (Å²) in [6, 6.07) is 2.37. The molecule has 1 aromatic heterocycles. The molecule has 0 spiro atoms. The van der Waals surface area contributed by atoms with Crippen molar-refractivity contribution in [2.24, 2.45) is 5.73 Å². The second kappa shape index (κ2) is 8.07. The first kappa shape index (κ1) is 15.9. The molecule has 0 atom stereocenters. The van der Waals surface area contributed by atoms with Gasteiger partial charge in [0.1, 0.15) is 0 Å². The van der Waals surface area contributed by atoms with Gasteiger partial charge in [0.25, 0.3) is 0 Å². The number of rotatable bonds is 8. The summed E-state index contributed by atoms with van der Waals surface area (Å²) >= 11 is 0. The van der Waals surface area contributed by atoms with Crippen molar-refractivity contribution in [2.45, 2.75) is 46.2 Å². The van der Waals surface area contributed by atoms with Crippen molar-refractivity contribution in [1.82, 2.24) is 9.97 Å². The molecule has 19 heavy (non-hydrogen) atoms. The summed E-state index contributed by atoms with van der Waals surface area (Å²) in [7, 11) is 1.72. The Balaban J connectivity index is 3.04. The molecule has 1 heterocycles. The second-order valence-electron chi connectivity index (χ2n) is 4.66. The van der Waals surface area contributed by atoms with Crippen LogP contribution in [0.25, 0.3) is 0 Å². The highest BCUT2D eigenvalue weighted by Crippen LogP contribution is 2.17. The molecule has 5 nitrogen and oxygen atoms in total. The van der Waals surface area contributed by atoms with Crippen molar-refractivity contribution in [3.05, 3.63) is 17.5 Å². The number of hydrogen-bond donors (Lipinski definition) is 1. The van der Waals surface area contributed by atoms with Crippen LogP contribution in [0, 0.1) is 6.92 Å². The number of anilines is 1. The number of methoxy groups -OCH3 is 1. The summed E-state index contributed by atoms with van der Waals surface area (Å²) in [5.41, 5.74) is 7.54. The normalized spacial score (nSPS) is 11.1. The second-order valence-corrected chi connectivity index (χ2v) is 4.66. The zero-order chi connectivity index (χ0) is 14.3. The Morgan fingerprint density at radius 2 is 2.00 bits per heavy atom. The number of nitrogens with two attached hydrogens (primary N) is 1. The van der Waals surface area contributed by atoms with Gasteiger partial charge in [0.05, 0.1) is 12.3 Å². The van der Waals surface area contributed by atoms with Gasteiger partial charge in [0, 0.05) is 31.9 Å². The number of nitrogens with zero attached hydrogens (tertiary/aromatic N) is 3. The van der Waals surface area contributed by atoms with Crippen LogP contribution in [0.2, 0.25) is 0 Å². The van der Waals surface area contributed by atoms with Gasteiger partial charge in [0.15, 0.2) is 0 Å². The van der Waals surface area contributed by atoms with Gasteiger partial charge in [-0.2, -0.15) is 0 Å². The van der Waals surface area contributed by atoms with Crippen molar-refractivity contribution in [2.75, 3.05) is 25.2 Å². The molecule has 0 saturated heterocycles. The van der Waals surface area contributed by atoms with E-state index in [9.17, 15) is 0 Å². The van der Waals surface area contributed by atoms with Crippen molar-refractivity contribution < 1.29 is 4.74 Å². The molecule has 0 aromatic carbocycles. The van der Waals surface area contributed by atoms with E-state index in [4.69, 9.17) is 10.5 Å². The van der Waals surface area contributed by atoms with Crippen LogP contribution in [0.1, 0.15) is 38.1 Å². The first-order valence-corrected chi connectivity index (χ1v) is 6.96. The van der Waals surface area contributed by atoms with E-state index in [1.807, 2.05) is 13.0 Å². The molecule has 0 fully saturated rings. The van der Waals surface area contributed by atoms with E-state index < -0.39 is 0 Å². The predicted octanol–water partition coefficient (Wildman–Crippen LogP) is 1.89. The Bertz CT molecular complexity index is 380. The highest BCUT2D eigenvalue weighted by Gasteiger charge is 2.18. The molecule has 0 aliphatic rings. The Morgan fingerprint density at radius 3 is 2.53 bits per heavy atom. The number of aromatic nitrogens is 2. The Hall–Kier alpha value is -1.20. The zero-order valence-electron chi connectivity index (χ0n) is 12.5. The Labute approximate surface area is 116 Å². The molecule has 1 rings (SSSR count). The average molecular weight is 266 g/mol. The van der Waals surface area contributed by atoms with Gasteiger partial charge in [-0.05, 0) is 25.8 Å². The maximum atomic E-state index is 5.70. The van der Waals surface area contributed by atoms with Crippen molar-refractivity contribution in [3.8, 4) is 0 Å². The molecule has 0 unspecified atom stereocenters. The molecule has 0 saturated carbocycles. The van der Waals surface area contributed by atoms with Gasteiger partial charge < -0.3 is 15.4 Å². The molecular formula is C14H26N4O. The average Bonchev–Trinajstić information content (AvgIpc) is 2.42. The number of ether oxygens (including phenoxy) is 1. The van der Waals surface area contributed by atoms with Crippen LogP contribution in [0.3, 0.4) is 0 Å². The Morgan fingerprint density at radius 1 is 1.32 bits per heavy atom. The fourth-order valence-corrected chi connectivity index (χ4v) is 2.21. The smallest absolute Gasteiger partial charge is 0.226 e. The fraction of sp³-hybridized carbons (Fsp3) is 0.714. The van der Waals surface area contributed by atoms with E-state index in [0.717, 1.165) is 36.7 Å². The molecule has 0 aliphatic carbocycles. The largest absolute Gasteiger partial charge is 0.383 e. The molecule has 0 bridgehead atoms. The minimum absolute atomic E-state index is 0.433. The molecule has 5 heteroatoms. The van der Waals surface area contributed by atoms with Gasteiger partial charge in [0.2, 0.25) is 5.95 Å². The standard InChI is InChI=1S/C14H26N4O/c1-5-13(6-2)18(7-8-19-4)14-16-11(3)9-12(10-15)17-14/h9,13H,5-8,10,15H2,1-4H3. The minimum atomic E-state index is 0.433. The predicted molar refractivity (Wildman–Crippen MR) is 78.3 cm³/mol. The summed E-state index contributed by atoms with van der Waals surface area (Å²) in [6.45, 7) is 8.27. The van der Waals surface area contributed by atoms with Crippen LogP contribution in [-0.2, 0) is 11.3 Å². The third-order valence-electron chi connectivity index (χ3n) is 3.28. The first-order valence-electron chi connectivity index (χ1n) is 6.96. The van der Waals surface area contributed by atoms with Crippen LogP contribution in [-0.4, -0.2) is 36.3 Å². The van der Waals surface area contributed by atoms with E-state index in [1.54, 1.807) is 7.11 Å². The molecule has 1 aromatic rings. The van der Waals surface area contributed by atoms with E-state index >= 15 is 0 Å². The topological polar surface area (TPSA) is 64.3 Å². The lowest BCUT2D eigenvalue weighted by Crippen LogP contribution is -2.38. The van der Waals surface area contributed by atoms with Crippen LogP contribution >= 0.6 is 0 Å². The van der Waals surface area contributed by atoms with E-state index in [1.165, 1.54) is 0 Å². The SMILES string of the molecule is CCC(CC)N(CCOC)c1nc(C)cc(CN)n1.